The molecule has 0 radical (unpaired) electrons. The van der Waals surface area contributed by atoms with Gasteiger partial charge >= 0.3 is 11.9 Å². The number of carbonyl (C=O) groups excluding carboxylic acids is 3. The van der Waals surface area contributed by atoms with Gasteiger partial charge in [0.25, 0.3) is 5.91 Å². The highest BCUT2D eigenvalue weighted by molar-refractivity contribution is 5.90. The number of carbonyl (C=O) groups is 3. The molecule has 1 amide bonds. The van der Waals surface area contributed by atoms with Gasteiger partial charge in [-0.3, -0.25) is 9.59 Å². The van der Waals surface area contributed by atoms with E-state index in [1.165, 1.54) is 37.9 Å². The van der Waals surface area contributed by atoms with Crippen LogP contribution in [0.4, 0.5) is 0 Å². The number of hydrogen-bond acceptors (Lipinski definition) is 7. The fraction of sp³-hybridized carbons (Fsp3) is 0.525. The third kappa shape index (κ3) is 13.0. The topological polar surface area (TPSA) is 102 Å². The van der Waals surface area contributed by atoms with E-state index in [-0.39, 0.29) is 26.3 Å². The lowest BCUT2D eigenvalue weighted by molar-refractivity contribution is -0.180. The fourth-order valence-corrected chi connectivity index (χ4v) is 5.57. The number of nitrogens with zero attached hydrogens (tertiary/aromatic N) is 1. The first kappa shape index (κ1) is 38.7. The van der Waals surface area contributed by atoms with E-state index in [2.05, 4.69) is 62.4 Å². The van der Waals surface area contributed by atoms with E-state index in [4.69, 9.17) is 14.2 Å². The quantitative estimate of drug-likeness (QED) is 0.108. The highest BCUT2D eigenvalue weighted by atomic mass is 16.6. The van der Waals surface area contributed by atoms with Crippen LogP contribution in [0, 0.1) is 13.8 Å². The predicted octanol–water partition coefficient (Wildman–Crippen LogP) is 7.06. The van der Waals surface area contributed by atoms with Crippen LogP contribution < -0.4 is 0 Å². The summed E-state index contributed by atoms with van der Waals surface area (Å²) in [7, 11) is 0. The summed E-state index contributed by atoms with van der Waals surface area (Å²) in [6, 6.07) is 21.2. The van der Waals surface area contributed by atoms with Crippen LogP contribution in [0.3, 0.4) is 0 Å². The molecule has 262 valence electrons. The molecule has 0 spiro atoms. The van der Waals surface area contributed by atoms with E-state index >= 15 is 0 Å². The van der Waals surface area contributed by atoms with Crippen molar-refractivity contribution < 1.29 is 33.7 Å². The van der Waals surface area contributed by atoms with Crippen LogP contribution in [-0.4, -0.2) is 72.0 Å². The van der Waals surface area contributed by atoms with Crippen molar-refractivity contribution in [3.05, 3.63) is 82.9 Å². The van der Waals surface area contributed by atoms with Gasteiger partial charge in [0.2, 0.25) is 0 Å². The lowest BCUT2D eigenvalue weighted by Crippen LogP contribution is -2.52. The van der Waals surface area contributed by atoms with Gasteiger partial charge in [-0.1, -0.05) is 73.5 Å². The van der Waals surface area contributed by atoms with Gasteiger partial charge in [-0.15, -0.1) is 0 Å². The van der Waals surface area contributed by atoms with Gasteiger partial charge in [-0.25, -0.2) is 4.79 Å². The minimum atomic E-state index is -1.84. The molecule has 1 N–H and O–H groups in total. The highest BCUT2D eigenvalue weighted by Crippen LogP contribution is 2.19. The van der Waals surface area contributed by atoms with E-state index in [0.29, 0.717) is 12.8 Å². The average molecular weight is 662 g/mol. The molecule has 2 atom stereocenters. The Balaban J connectivity index is 1.61. The van der Waals surface area contributed by atoms with Crippen molar-refractivity contribution in [2.24, 2.45) is 0 Å². The first-order valence-corrected chi connectivity index (χ1v) is 17.4. The highest BCUT2D eigenvalue weighted by Gasteiger charge is 2.39. The van der Waals surface area contributed by atoms with E-state index in [0.717, 1.165) is 38.5 Å². The Bertz CT molecular complexity index is 1480. The molecule has 0 heterocycles. The molecule has 0 saturated heterocycles. The Morgan fingerprint density at radius 1 is 0.792 bits per heavy atom. The Labute approximate surface area is 286 Å². The van der Waals surface area contributed by atoms with E-state index in [1.54, 1.807) is 27.7 Å². The smallest absolute Gasteiger partial charge is 0.338 e. The summed E-state index contributed by atoms with van der Waals surface area (Å²) < 4.78 is 16.5. The van der Waals surface area contributed by atoms with Crippen LogP contribution in [0.2, 0.25) is 0 Å². The zero-order valence-corrected chi connectivity index (χ0v) is 29.8. The summed E-state index contributed by atoms with van der Waals surface area (Å²) in [5, 5.41) is 13.5. The van der Waals surface area contributed by atoms with E-state index in [9.17, 15) is 19.5 Å². The standard InChI is InChI=1S/C40H55NO7/c1-7-46-35(42)28-41(24-14-8-10-17-32-22-23-33-18-12-13-19-34(33)27-32)38(44)37(36(43)39(45)48-40(4,5)6)47-25-15-9-11-16-31-21-20-29(2)30(3)26-31/h12-13,18-23,26-27,36-37,43H,7-11,14-17,24-25,28H2,1-6H3/t36-,37-/m1/s1. The second-order valence-electron chi connectivity index (χ2n) is 13.6. The number of rotatable bonds is 19. The third-order valence-electron chi connectivity index (χ3n) is 8.30. The van der Waals surface area contributed by atoms with Crippen molar-refractivity contribution >= 4 is 28.6 Å². The normalized spacial score (nSPS) is 12.8. The maximum Gasteiger partial charge on any atom is 0.338 e. The molecule has 3 aromatic rings. The minimum Gasteiger partial charge on any atom is -0.465 e. The molecule has 48 heavy (non-hydrogen) atoms. The molecule has 0 aliphatic carbocycles. The van der Waals surface area contributed by atoms with Crippen LogP contribution in [0.1, 0.15) is 88.5 Å². The van der Waals surface area contributed by atoms with Crippen molar-refractivity contribution in [2.45, 2.75) is 111 Å². The molecular weight excluding hydrogens is 606 g/mol. The number of aliphatic hydroxyl groups is 1. The van der Waals surface area contributed by atoms with E-state index in [1.807, 2.05) is 12.1 Å². The van der Waals surface area contributed by atoms with Gasteiger partial charge in [-0.05, 0) is 113 Å². The molecule has 0 saturated carbocycles. The summed E-state index contributed by atoms with van der Waals surface area (Å²) in [5.74, 6) is -2.13. The number of fused-ring (bicyclic) bond motifs is 1. The van der Waals surface area contributed by atoms with Gasteiger partial charge in [0, 0.05) is 13.2 Å². The Morgan fingerprint density at radius 3 is 2.10 bits per heavy atom. The molecule has 3 rings (SSSR count). The maximum absolute atomic E-state index is 13.9. The monoisotopic (exact) mass is 661 g/mol. The number of aryl methyl sites for hydroxylation is 4. The van der Waals surface area contributed by atoms with Crippen LogP contribution in [0.5, 0.6) is 0 Å². The van der Waals surface area contributed by atoms with Crippen molar-refractivity contribution in [1.29, 1.82) is 0 Å². The second kappa shape index (κ2) is 19.3. The van der Waals surface area contributed by atoms with Crippen molar-refractivity contribution in [3.63, 3.8) is 0 Å². The second-order valence-corrected chi connectivity index (χ2v) is 13.6. The molecule has 0 fully saturated rings. The number of ether oxygens (including phenoxy) is 3. The predicted molar refractivity (Wildman–Crippen MR) is 190 cm³/mol. The van der Waals surface area contributed by atoms with Crippen molar-refractivity contribution in [3.8, 4) is 0 Å². The third-order valence-corrected chi connectivity index (χ3v) is 8.30. The molecule has 0 aliphatic heterocycles. The Morgan fingerprint density at radius 2 is 1.44 bits per heavy atom. The first-order valence-electron chi connectivity index (χ1n) is 17.4. The largest absolute Gasteiger partial charge is 0.465 e. The average Bonchev–Trinajstić information content (AvgIpc) is 3.04. The van der Waals surface area contributed by atoms with Crippen molar-refractivity contribution in [1.82, 2.24) is 4.90 Å². The summed E-state index contributed by atoms with van der Waals surface area (Å²) in [5.41, 5.74) is 4.20. The molecule has 0 unspecified atom stereocenters. The molecule has 0 bridgehead atoms. The van der Waals surface area contributed by atoms with Crippen molar-refractivity contribution in [2.75, 3.05) is 26.3 Å². The first-order chi connectivity index (χ1) is 22.9. The minimum absolute atomic E-state index is 0.169. The summed E-state index contributed by atoms with van der Waals surface area (Å²) in [6.07, 6.45) is 3.25. The van der Waals surface area contributed by atoms with Gasteiger partial charge < -0.3 is 24.2 Å². The molecule has 3 aromatic carbocycles. The van der Waals surface area contributed by atoms with Gasteiger partial charge in [0.1, 0.15) is 12.1 Å². The van der Waals surface area contributed by atoms with Crippen LogP contribution >= 0.6 is 0 Å². The molecule has 8 nitrogen and oxygen atoms in total. The van der Waals surface area contributed by atoms with Crippen LogP contribution in [0.25, 0.3) is 10.8 Å². The Hall–Kier alpha value is -3.75. The lowest BCUT2D eigenvalue weighted by atomic mass is 10.0. The van der Waals surface area contributed by atoms with Gasteiger partial charge in [0.05, 0.1) is 6.61 Å². The molecule has 0 aliphatic rings. The zero-order chi connectivity index (χ0) is 35.1. The lowest BCUT2D eigenvalue weighted by Gasteiger charge is -2.30. The zero-order valence-electron chi connectivity index (χ0n) is 29.8. The molecule has 0 aromatic heterocycles. The summed E-state index contributed by atoms with van der Waals surface area (Å²) in [6.45, 7) is 11.3. The summed E-state index contributed by atoms with van der Waals surface area (Å²) in [4.78, 5) is 40.7. The van der Waals surface area contributed by atoms with Gasteiger partial charge in [0.15, 0.2) is 12.2 Å². The number of unbranched alkanes of at least 4 members (excludes halogenated alkanes) is 4. The molecule has 8 heteroatoms. The number of hydrogen-bond donors (Lipinski definition) is 1. The van der Waals surface area contributed by atoms with Crippen LogP contribution in [-0.2, 0) is 41.4 Å². The number of benzene rings is 3. The number of esters is 2. The fourth-order valence-electron chi connectivity index (χ4n) is 5.57. The number of amides is 1. The van der Waals surface area contributed by atoms with Gasteiger partial charge in [-0.2, -0.15) is 0 Å². The SMILES string of the molecule is CCOC(=O)CN(CCCCCc1ccc2ccccc2c1)C(=O)[C@H](OCCCCCc1ccc(C)c(C)c1)[C@@H](O)C(=O)OC(C)(C)C. The summed E-state index contributed by atoms with van der Waals surface area (Å²) >= 11 is 0. The Kier molecular flexibility index (Phi) is 15.6. The van der Waals surface area contributed by atoms with E-state index < -0.39 is 35.7 Å². The molecular formula is C40H55NO7. The maximum atomic E-state index is 13.9. The number of aliphatic hydroxyl groups excluding tert-OH is 1. The van der Waals surface area contributed by atoms with Crippen LogP contribution in [0.15, 0.2) is 60.7 Å².